The number of hydrogen-bond donors (Lipinski definition) is 1. The number of nitrogens with one attached hydrogen (secondary N) is 1. The molecule has 4 rings (SSSR count). The minimum atomic E-state index is -0.769. The van der Waals surface area contributed by atoms with E-state index in [0.717, 1.165) is 10.8 Å². The Hall–Kier alpha value is -4.36. The fourth-order valence-electron chi connectivity index (χ4n) is 3.43. The van der Waals surface area contributed by atoms with Crippen molar-refractivity contribution in [1.82, 2.24) is 5.43 Å². The van der Waals surface area contributed by atoms with Gasteiger partial charge in [-0.1, -0.05) is 60.1 Å². The second kappa shape index (κ2) is 11.4. The van der Waals surface area contributed by atoms with Crippen molar-refractivity contribution in [2.75, 3.05) is 7.11 Å². The summed E-state index contributed by atoms with van der Waals surface area (Å²) in [4.78, 5) is 24.9. The minimum absolute atomic E-state index is 0.223. The van der Waals surface area contributed by atoms with E-state index in [0.29, 0.717) is 22.1 Å². The molecule has 4 aromatic rings. The Balaban J connectivity index is 1.38. The number of ether oxygens (including phenoxy) is 3. The maximum atomic E-state index is 12.5. The first-order valence-electron chi connectivity index (χ1n) is 11.1. The Bertz CT molecular complexity index is 1430. The predicted octanol–water partition coefficient (Wildman–Crippen LogP) is 5.64. The van der Waals surface area contributed by atoms with E-state index in [4.69, 9.17) is 25.8 Å². The lowest BCUT2D eigenvalue weighted by atomic mass is 10.1. The number of methoxy groups -OCH3 is 1. The third kappa shape index (κ3) is 5.82. The van der Waals surface area contributed by atoms with Crippen LogP contribution in [0.5, 0.6) is 17.2 Å². The molecule has 1 unspecified atom stereocenters. The summed E-state index contributed by atoms with van der Waals surface area (Å²) in [5.41, 5.74) is 3.34. The maximum Gasteiger partial charge on any atom is 0.345 e. The largest absolute Gasteiger partial charge is 0.493 e. The van der Waals surface area contributed by atoms with Gasteiger partial charge in [-0.2, -0.15) is 5.10 Å². The fourth-order valence-corrected chi connectivity index (χ4v) is 3.65. The van der Waals surface area contributed by atoms with Gasteiger partial charge in [0.1, 0.15) is 5.75 Å². The van der Waals surface area contributed by atoms with Crippen LogP contribution in [0, 0.1) is 0 Å². The van der Waals surface area contributed by atoms with Gasteiger partial charge in [0.25, 0.3) is 5.91 Å². The molecule has 0 aromatic heterocycles. The Morgan fingerprint density at radius 2 is 1.67 bits per heavy atom. The molecule has 0 aliphatic rings. The van der Waals surface area contributed by atoms with E-state index in [2.05, 4.69) is 10.5 Å². The van der Waals surface area contributed by atoms with Crippen LogP contribution in [0.25, 0.3) is 10.8 Å². The highest BCUT2D eigenvalue weighted by atomic mass is 35.5. The normalized spacial score (nSPS) is 11.8. The molecule has 4 aromatic carbocycles. The van der Waals surface area contributed by atoms with Gasteiger partial charge in [-0.15, -0.1) is 0 Å². The van der Waals surface area contributed by atoms with Gasteiger partial charge in [0.2, 0.25) is 0 Å². The van der Waals surface area contributed by atoms with Gasteiger partial charge in [-0.3, -0.25) is 4.79 Å². The highest BCUT2D eigenvalue weighted by Crippen LogP contribution is 2.29. The van der Waals surface area contributed by atoms with Gasteiger partial charge in [0, 0.05) is 5.39 Å². The zero-order valence-corrected chi connectivity index (χ0v) is 20.4. The van der Waals surface area contributed by atoms with E-state index in [1.165, 1.54) is 13.3 Å². The van der Waals surface area contributed by atoms with E-state index < -0.39 is 18.0 Å². The summed E-state index contributed by atoms with van der Waals surface area (Å²) in [5.74, 6) is 0.148. The first kappa shape index (κ1) is 24.8. The van der Waals surface area contributed by atoms with Gasteiger partial charge < -0.3 is 14.2 Å². The molecule has 0 radical (unpaired) electrons. The minimum Gasteiger partial charge on any atom is -0.493 e. The van der Waals surface area contributed by atoms with E-state index in [9.17, 15) is 9.59 Å². The fraction of sp³-hybridized carbons (Fsp3) is 0.107. The lowest BCUT2D eigenvalue weighted by molar-refractivity contribution is -0.127. The van der Waals surface area contributed by atoms with E-state index in [1.54, 1.807) is 49.4 Å². The Morgan fingerprint density at radius 3 is 2.47 bits per heavy atom. The third-order valence-corrected chi connectivity index (χ3v) is 5.62. The number of hydrazone groups is 1. The van der Waals surface area contributed by atoms with Crippen LogP contribution in [0.3, 0.4) is 0 Å². The molecule has 0 fully saturated rings. The van der Waals surface area contributed by atoms with Gasteiger partial charge in [0.15, 0.2) is 17.6 Å². The number of esters is 1. The molecule has 0 aliphatic carbocycles. The van der Waals surface area contributed by atoms with Crippen LogP contribution in [0.2, 0.25) is 5.02 Å². The van der Waals surface area contributed by atoms with Crippen molar-refractivity contribution in [3.05, 3.63) is 101 Å². The summed E-state index contributed by atoms with van der Waals surface area (Å²) in [6, 6.07) is 24.9. The van der Waals surface area contributed by atoms with Crippen molar-refractivity contribution in [3.63, 3.8) is 0 Å². The highest BCUT2D eigenvalue weighted by molar-refractivity contribution is 6.33. The standard InChI is InChI=1S/C28H23ClN2O5/c1-18(35-24-13-7-9-20-8-3-4-10-21(20)24)27(32)31-30-17-19-14-15-25(26(16-19)34-2)36-28(33)22-11-5-6-12-23(22)29/h3-18H,1-2H3,(H,31,32)/b30-17+. The average Bonchev–Trinajstić information content (AvgIpc) is 2.89. The average molecular weight is 503 g/mol. The molecule has 0 saturated carbocycles. The Kier molecular flexibility index (Phi) is 7.82. The molecule has 1 amide bonds. The molecule has 0 heterocycles. The predicted molar refractivity (Wildman–Crippen MR) is 139 cm³/mol. The smallest absolute Gasteiger partial charge is 0.345 e. The van der Waals surface area contributed by atoms with Crippen LogP contribution >= 0.6 is 11.6 Å². The summed E-state index contributed by atoms with van der Waals surface area (Å²) >= 11 is 6.07. The molecule has 1 atom stereocenters. The Morgan fingerprint density at radius 1 is 0.917 bits per heavy atom. The number of rotatable bonds is 8. The van der Waals surface area contributed by atoms with Gasteiger partial charge in [-0.25, -0.2) is 10.2 Å². The molecule has 7 nitrogen and oxygen atoms in total. The zero-order valence-electron chi connectivity index (χ0n) is 19.6. The van der Waals surface area contributed by atoms with Crippen molar-refractivity contribution < 1.29 is 23.8 Å². The number of fused-ring (bicyclic) bond motifs is 1. The summed E-state index contributed by atoms with van der Waals surface area (Å²) in [5, 5.41) is 6.24. The summed E-state index contributed by atoms with van der Waals surface area (Å²) in [6.45, 7) is 1.65. The molecule has 0 bridgehead atoms. The highest BCUT2D eigenvalue weighted by Gasteiger charge is 2.17. The summed E-state index contributed by atoms with van der Waals surface area (Å²) in [7, 11) is 1.46. The topological polar surface area (TPSA) is 86.2 Å². The molecule has 8 heteroatoms. The van der Waals surface area contributed by atoms with Crippen molar-refractivity contribution in [3.8, 4) is 17.2 Å². The molecular weight excluding hydrogens is 480 g/mol. The maximum absolute atomic E-state index is 12.5. The molecule has 36 heavy (non-hydrogen) atoms. The van der Waals surface area contributed by atoms with Gasteiger partial charge >= 0.3 is 5.97 Å². The summed E-state index contributed by atoms with van der Waals surface area (Å²) < 4.78 is 16.6. The number of amides is 1. The number of carbonyl (C=O) groups excluding carboxylic acids is 2. The first-order chi connectivity index (χ1) is 17.5. The molecule has 182 valence electrons. The molecule has 0 saturated heterocycles. The van der Waals surface area contributed by atoms with Crippen LogP contribution < -0.4 is 19.6 Å². The number of benzene rings is 4. The SMILES string of the molecule is COc1cc(/C=N/NC(=O)C(C)Oc2cccc3ccccc23)ccc1OC(=O)c1ccccc1Cl. The second-order valence-electron chi connectivity index (χ2n) is 7.75. The number of hydrogen-bond acceptors (Lipinski definition) is 6. The number of halogens is 1. The number of carbonyl (C=O) groups is 2. The van der Waals surface area contributed by atoms with Crippen molar-refractivity contribution in [2.45, 2.75) is 13.0 Å². The van der Waals surface area contributed by atoms with E-state index >= 15 is 0 Å². The molecule has 1 N–H and O–H groups in total. The van der Waals surface area contributed by atoms with E-state index in [-0.39, 0.29) is 11.3 Å². The second-order valence-corrected chi connectivity index (χ2v) is 8.16. The Labute approximate surface area is 213 Å². The van der Waals surface area contributed by atoms with Crippen LogP contribution in [0.1, 0.15) is 22.8 Å². The van der Waals surface area contributed by atoms with Crippen molar-refractivity contribution >= 4 is 40.5 Å². The van der Waals surface area contributed by atoms with Crippen molar-refractivity contribution in [2.24, 2.45) is 5.10 Å². The summed E-state index contributed by atoms with van der Waals surface area (Å²) in [6.07, 6.45) is 0.680. The zero-order chi connectivity index (χ0) is 25.5. The third-order valence-electron chi connectivity index (χ3n) is 5.30. The van der Waals surface area contributed by atoms with Crippen LogP contribution in [-0.4, -0.2) is 31.3 Å². The molecule has 0 spiro atoms. The van der Waals surface area contributed by atoms with E-state index in [1.807, 2.05) is 42.5 Å². The van der Waals surface area contributed by atoms with Crippen LogP contribution in [0.4, 0.5) is 0 Å². The van der Waals surface area contributed by atoms with Crippen molar-refractivity contribution in [1.29, 1.82) is 0 Å². The monoisotopic (exact) mass is 502 g/mol. The molecular formula is C28H23ClN2O5. The van der Waals surface area contributed by atoms with Gasteiger partial charge in [-0.05, 0) is 54.3 Å². The van der Waals surface area contributed by atoms with Crippen LogP contribution in [-0.2, 0) is 4.79 Å². The quantitative estimate of drug-likeness (QED) is 0.146. The van der Waals surface area contributed by atoms with Crippen LogP contribution in [0.15, 0.2) is 90.0 Å². The van der Waals surface area contributed by atoms with Gasteiger partial charge in [0.05, 0.1) is 23.9 Å². The first-order valence-corrected chi connectivity index (χ1v) is 11.5. The lowest BCUT2D eigenvalue weighted by Crippen LogP contribution is -2.33. The molecule has 0 aliphatic heterocycles. The number of nitrogens with zero attached hydrogens (tertiary/aromatic N) is 1. The lowest BCUT2D eigenvalue weighted by Gasteiger charge is -2.14.